The van der Waals surface area contributed by atoms with Gasteiger partial charge in [-0.2, -0.15) is 0 Å². The standard InChI is InChI=1S/C11H16N2O3/c1-8-3-4-10(11(7-8)13(15)16)12-6-5-9(2)14/h3-4,7,9,12,14H,5-6H2,1-2H3. The molecule has 16 heavy (non-hydrogen) atoms. The van der Waals surface area contributed by atoms with Crippen molar-refractivity contribution in [2.24, 2.45) is 0 Å². The SMILES string of the molecule is Cc1ccc(NCCC(C)O)c([N+](=O)[O-])c1. The predicted molar refractivity (Wildman–Crippen MR) is 62.6 cm³/mol. The van der Waals surface area contributed by atoms with Gasteiger partial charge in [0, 0.05) is 12.6 Å². The Hall–Kier alpha value is -1.62. The molecule has 5 heteroatoms. The van der Waals surface area contributed by atoms with Crippen LogP contribution in [0.3, 0.4) is 0 Å². The first kappa shape index (κ1) is 12.4. The van der Waals surface area contributed by atoms with Crippen molar-refractivity contribution >= 4 is 11.4 Å². The number of nitrogens with one attached hydrogen (secondary N) is 1. The van der Waals surface area contributed by atoms with Gasteiger partial charge in [0.05, 0.1) is 11.0 Å². The van der Waals surface area contributed by atoms with Crippen LogP contribution < -0.4 is 5.32 Å². The molecule has 0 heterocycles. The molecule has 0 aliphatic rings. The lowest BCUT2D eigenvalue weighted by Gasteiger charge is -2.08. The number of nitrogens with zero attached hydrogens (tertiary/aromatic N) is 1. The Morgan fingerprint density at radius 3 is 2.81 bits per heavy atom. The zero-order chi connectivity index (χ0) is 12.1. The predicted octanol–water partition coefficient (Wildman–Crippen LogP) is 2.09. The van der Waals surface area contributed by atoms with Crippen molar-refractivity contribution in [2.75, 3.05) is 11.9 Å². The third-order valence-corrected chi connectivity index (χ3v) is 2.23. The third-order valence-electron chi connectivity index (χ3n) is 2.23. The van der Waals surface area contributed by atoms with Gasteiger partial charge in [0.2, 0.25) is 0 Å². The van der Waals surface area contributed by atoms with Crippen LogP contribution in [0.1, 0.15) is 18.9 Å². The molecule has 5 nitrogen and oxygen atoms in total. The van der Waals surface area contributed by atoms with Crippen LogP contribution in [0.15, 0.2) is 18.2 Å². The number of nitro benzene ring substituents is 1. The van der Waals surface area contributed by atoms with Crippen molar-refractivity contribution < 1.29 is 10.0 Å². The second-order valence-corrected chi connectivity index (χ2v) is 3.84. The van der Waals surface area contributed by atoms with E-state index in [2.05, 4.69) is 5.32 Å². The number of aliphatic hydroxyl groups is 1. The van der Waals surface area contributed by atoms with Crippen LogP contribution in [0.25, 0.3) is 0 Å². The smallest absolute Gasteiger partial charge is 0.292 e. The lowest BCUT2D eigenvalue weighted by atomic mass is 10.2. The van der Waals surface area contributed by atoms with E-state index in [9.17, 15) is 10.1 Å². The van der Waals surface area contributed by atoms with Crippen LogP contribution >= 0.6 is 0 Å². The fourth-order valence-corrected chi connectivity index (χ4v) is 1.36. The molecular weight excluding hydrogens is 208 g/mol. The van der Waals surface area contributed by atoms with E-state index in [-0.39, 0.29) is 5.69 Å². The Morgan fingerprint density at radius 1 is 1.56 bits per heavy atom. The summed E-state index contributed by atoms with van der Waals surface area (Å²) in [5.74, 6) is 0. The van der Waals surface area contributed by atoms with Gasteiger partial charge >= 0.3 is 0 Å². The Kier molecular flexibility index (Phi) is 4.25. The minimum atomic E-state index is -0.406. The minimum absolute atomic E-state index is 0.0746. The molecule has 1 aromatic carbocycles. The van der Waals surface area contributed by atoms with E-state index in [1.807, 2.05) is 13.0 Å². The molecule has 1 atom stereocenters. The lowest BCUT2D eigenvalue weighted by molar-refractivity contribution is -0.384. The molecular formula is C11H16N2O3. The summed E-state index contributed by atoms with van der Waals surface area (Å²) in [5.41, 5.74) is 1.43. The summed E-state index contributed by atoms with van der Waals surface area (Å²) in [7, 11) is 0. The Bertz CT molecular complexity index is 377. The van der Waals surface area contributed by atoms with Crippen molar-refractivity contribution in [2.45, 2.75) is 26.4 Å². The molecule has 0 radical (unpaired) electrons. The summed E-state index contributed by atoms with van der Waals surface area (Å²) >= 11 is 0. The van der Waals surface area contributed by atoms with Gasteiger partial charge in [-0.05, 0) is 31.9 Å². The molecule has 0 amide bonds. The summed E-state index contributed by atoms with van der Waals surface area (Å²) in [4.78, 5) is 10.4. The summed E-state index contributed by atoms with van der Waals surface area (Å²) < 4.78 is 0. The van der Waals surface area contributed by atoms with Crippen LogP contribution in [-0.4, -0.2) is 22.7 Å². The maximum atomic E-state index is 10.8. The molecule has 0 saturated carbocycles. The summed E-state index contributed by atoms with van der Waals surface area (Å²) in [6.45, 7) is 4.01. The number of hydrogen-bond acceptors (Lipinski definition) is 4. The van der Waals surface area contributed by atoms with E-state index in [1.54, 1.807) is 13.0 Å². The van der Waals surface area contributed by atoms with Crippen molar-refractivity contribution in [3.8, 4) is 0 Å². The Balaban J connectivity index is 2.75. The van der Waals surface area contributed by atoms with E-state index in [0.717, 1.165) is 5.56 Å². The molecule has 0 aromatic heterocycles. The highest BCUT2D eigenvalue weighted by molar-refractivity contribution is 5.62. The molecule has 0 saturated heterocycles. The molecule has 2 N–H and O–H groups in total. The monoisotopic (exact) mass is 224 g/mol. The van der Waals surface area contributed by atoms with Crippen LogP contribution in [0.4, 0.5) is 11.4 Å². The molecule has 0 spiro atoms. The molecule has 88 valence electrons. The van der Waals surface area contributed by atoms with Crippen molar-refractivity contribution in [3.05, 3.63) is 33.9 Å². The second-order valence-electron chi connectivity index (χ2n) is 3.84. The number of aliphatic hydroxyl groups excluding tert-OH is 1. The van der Waals surface area contributed by atoms with Crippen molar-refractivity contribution in [1.29, 1.82) is 0 Å². The van der Waals surface area contributed by atoms with E-state index in [4.69, 9.17) is 5.11 Å². The number of rotatable bonds is 5. The summed E-state index contributed by atoms with van der Waals surface area (Å²) in [6.07, 6.45) is 0.155. The highest BCUT2D eigenvalue weighted by atomic mass is 16.6. The number of nitro groups is 1. The normalized spacial score (nSPS) is 12.2. The first-order valence-corrected chi connectivity index (χ1v) is 5.17. The van der Waals surface area contributed by atoms with Crippen LogP contribution in [0.2, 0.25) is 0 Å². The fourth-order valence-electron chi connectivity index (χ4n) is 1.36. The van der Waals surface area contributed by atoms with E-state index in [1.165, 1.54) is 6.07 Å². The molecule has 0 aliphatic heterocycles. The maximum Gasteiger partial charge on any atom is 0.292 e. The van der Waals surface area contributed by atoms with Gasteiger partial charge in [0.15, 0.2) is 0 Å². The maximum absolute atomic E-state index is 10.8. The Morgan fingerprint density at radius 2 is 2.25 bits per heavy atom. The first-order valence-electron chi connectivity index (χ1n) is 5.17. The van der Waals surface area contributed by atoms with Crippen LogP contribution in [0.5, 0.6) is 0 Å². The molecule has 0 bridgehead atoms. The van der Waals surface area contributed by atoms with Crippen LogP contribution in [0, 0.1) is 17.0 Å². The number of benzene rings is 1. The average Bonchev–Trinajstić information content (AvgIpc) is 2.19. The number of aryl methyl sites for hydroxylation is 1. The largest absolute Gasteiger partial charge is 0.393 e. The van der Waals surface area contributed by atoms with Gasteiger partial charge in [0.25, 0.3) is 5.69 Å². The topological polar surface area (TPSA) is 75.4 Å². The van der Waals surface area contributed by atoms with Gasteiger partial charge in [-0.15, -0.1) is 0 Å². The highest BCUT2D eigenvalue weighted by Crippen LogP contribution is 2.25. The average molecular weight is 224 g/mol. The summed E-state index contributed by atoms with van der Waals surface area (Å²) in [6, 6.07) is 5.04. The fraction of sp³-hybridized carbons (Fsp3) is 0.455. The third kappa shape index (κ3) is 3.51. The molecule has 1 rings (SSSR count). The van der Waals surface area contributed by atoms with E-state index in [0.29, 0.717) is 18.7 Å². The van der Waals surface area contributed by atoms with Crippen molar-refractivity contribution in [1.82, 2.24) is 0 Å². The Labute approximate surface area is 94.3 Å². The van der Waals surface area contributed by atoms with Crippen molar-refractivity contribution in [3.63, 3.8) is 0 Å². The van der Waals surface area contributed by atoms with Gasteiger partial charge in [-0.1, -0.05) is 6.07 Å². The molecule has 0 aliphatic carbocycles. The second kappa shape index (κ2) is 5.46. The lowest BCUT2D eigenvalue weighted by Crippen LogP contribution is -2.10. The van der Waals surface area contributed by atoms with Gasteiger partial charge < -0.3 is 10.4 Å². The molecule has 1 aromatic rings. The first-order chi connectivity index (χ1) is 7.50. The number of hydrogen-bond donors (Lipinski definition) is 2. The summed E-state index contributed by atoms with van der Waals surface area (Å²) in [5, 5.41) is 22.8. The zero-order valence-electron chi connectivity index (χ0n) is 9.43. The molecule has 1 unspecified atom stereocenters. The highest BCUT2D eigenvalue weighted by Gasteiger charge is 2.12. The van der Waals surface area contributed by atoms with Gasteiger partial charge in [-0.3, -0.25) is 10.1 Å². The number of anilines is 1. The van der Waals surface area contributed by atoms with Gasteiger partial charge in [0.1, 0.15) is 5.69 Å². The quantitative estimate of drug-likeness (QED) is 0.593. The van der Waals surface area contributed by atoms with Crippen LogP contribution in [-0.2, 0) is 0 Å². The molecule has 0 fully saturated rings. The van der Waals surface area contributed by atoms with E-state index >= 15 is 0 Å². The zero-order valence-corrected chi connectivity index (χ0v) is 9.43. The van der Waals surface area contributed by atoms with E-state index < -0.39 is 11.0 Å². The van der Waals surface area contributed by atoms with Gasteiger partial charge in [-0.25, -0.2) is 0 Å². The minimum Gasteiger partial charge on any atom is -0.393 e.